The SMILES string of the molecule is CC1=CC=C(S(=O)(=O)SC2=NC(C)(CSc3ccc(F)cc3)C(=O)N2C2=CC(C(F)(F)F)=C(C#N)CC2)CC1. The predicted octanol–water partition coefficient (Wildman–Crippen LogP) is 6.62. The molecule has 1 atom stereocenters. The number of nitriles is 1. The van der Waals surface area contributed by atoms with E-state index in [1.807, 2.05) is 6.92 Å². The second-order valence-electron chi connectivity index (χ2n) is 9.37. The molecule has 1 heterocycles. The van der Waals surface area contributed by atoms with Crippen molar-refractivity contribution < 1.29 is 30.8 Å². The zero-order valence-corrected chi connectivity index (χ0v) is 23.3. The molecule has 0 spiro atoms. The average Bonchev–Trinajstić information content (AvgIpc) is 3.11. The highest BCUT2D eigenvalue weighted by molar-refractivity contribution is 8.79. The first-order chi connectivity index (χ1) is 18.2. The van der Waals surface area contributed by atoms with Crippen LogP contribution in [0.25, 0.3) is 0 Å². The smallest absolute Gasteiger partial charge is 0.271 e. The van der Waals surface area contributed by atoms with E-state index in [9.17, 15) is 36.0 Å². The van der Waals surface area contributed by atoms with Crippen molar-refractivity contribution >= 4 is 42.5 Å². The van der Waals surface area contributed by atoms with Gasteiger partial charge in [-0.3, -0.25) is 9.69 Å². The summed E-state index contributed by atoms with van der Waals surface area (Å²) in [6, 6.07) is 7.11. The molecule has 206 valence electrons. The normalized spacial score (nSPS) is 22.3. The molecule has 1 aromatic rings. The summed E-state index contributed by atoms with van der Waals surface area (Å²) in [5.41, 5.74) is -2.22. The van der Waals surface area contributed by atoms with Gasteiger partial charge < -0.3 is 0 Å². The van der Waals surface area contributed by atoms with Crippen molar-refractivity contribution in [2.75, 3.05) is 5.75 Å². The number of thioether (sulfide) groups is 1. The lowest BCUT2D eigenvalue weighted by Gasteiger charge is -2.28. The van der Waals surface area contributed by atoms with E-state index in [2.05, 4.69) is 4.99 Å². The molecule has 4 rings (SSSR count). The van der Waals surface area contributed by atoms with Gasteiger partial charge in [-0.1, -0.05) is 11.6 Å². The Balaban J connectivity index is 1.73. The van der Waals surface area contributed by atoms with Crippen LogP contribution in [-0.2, 0) is 13.7 Å². The Morgan fingerprint density at radius 1 is 1.13 bits per heavy atom. The van der Waals surface area contributed by atoms with Crippen molar-refractivity contribution in [1.29, 1.82) is 5.26 Å². The van der Waals surface area contributed by atoms with Gasteiger partial charge in [-0.25, -0.2) is 17.8 Å². The molecule has 0 saturated heterocycles. The first kappa shape index (κ1) is 29.2. The zero-order chi connectivity index (χ0) is 28.6. The molecule has 2 aliphatic carbocycles. The summed E-state index contributed by atoms with van der Waals surface area (Å²) >= 11 is 1.18. The molecular weight excluding hydrogens is 574 g/mol. The van der Waals surface area contributed by atoms with Gasteiger partial charge in [0.15, 0.2) is 5.17 Å². The molecule has 0 saturated carbocycles. The van der Waals surface area contributed by atoms with Crippen LogP contribution >= 0.6 is 22.6 Å². The van der Waals surface area contributed by atoms with Gasteiger partial charge in [0.1, 0.15) is 11.4 Å². The molecular formula is C26H23F4N3O3S3. The number of aliphatic imine (C=N–C) groups is 1. The van der Waals surface area contributed by atoms with Gasteiger partial charge in [-0.15, -0.1) is 11.8 Å². The Morgan fingerprint density at radius 3 is 2.41 bits per heavy atom. The van der Waals surface area contributed by atoms with Crippen LogP contribution in [0.2, 0.25) is 0 Å². The first-order valence-electron chi connectivity index (χ1n) is 11.8. The number of carbonyl (C=O) groups excluding carboxylic acids is 1. The monoisotopic (exact) mass is 597 g/mol. The van der Waals surface area contributed by atoms with Crippen LogP contribution in [0.3, 0.4) is 0 Å². The third-order valence-electron chi connectivity index (χ3n) is 6.35. The van der Waals surface area contributed by atoms with E-state index in [-0.39, 0.29) is 40.8 Å². The molecule has 13 heteroatoms. The van der Waals surface area contributed by atoms with Gasteiger partial charge in [0, 0.05) is 32.7 Å². The predicted molar refractivity (Wildman–Crippen MR) is 143 cm³/mol. The molecule has 0 radical (unpaired) electrons. The maximum Gasteiger partial charge on any atom is 0.417 e. The first-order valence-corrected chi connectivity index (χ1v) is 15.6. The van der Waals surface area contributed by atoms with Crippen molar-refractivity contribution in [2.24, 2.45) is 4.99 Å². The van der Waals surface area contributed by atoms with Crippen molar-refractivity contribution in [1.82, 2.24) is 4.90 Å². The number of carbonyl (C=O) groups is 1. The largest absolute Gasteiger partial charge is 0.417 e. The number of amidine groups is 1. The lowest BCUT2D eigenvalue weighted by Crippen LogP contribution is -2.42. The zero-order valence-electron chi connectivity index (χ0n) is 20.9. The van der Waals surface area contributed by atoms with Gasteiger partial charge in [-0.05, 0) is 75.9 Å². The van der Waals surface area contributed by atoms with E-state index in [4.69, 9.17) is 0 Å². The summed E-state index contributed by atoms with van der Waals surface area (Å²) in [6.45, 7) is 3.35. The molecule has 0 N–H and O–H groups in total. The fourth-order valence-electron chi connectivity index (χ4n) is 4.14. The number of benzene rings is 1. The van der Waals surface area contributed by atoms with Gasteiger partial charge >= 0.3 is 6.18 Å². The Bertz CT molecular complexity index is 1500. The number of hydrogen-bond donors (Lipinski definition) is 0. The van der Waals surface area contributed by atoms with Gasteiger partial charge in [0.2, 0.25) is 8.87 Å². The van der Waals surface area contributed by atoms with E-state index in [0.29, 0.717) is 22.1 Å². The highest BCUT2D eigenvalue weighted by Gasteiger charge is 2.49. The van der Waals surface area contributed by atoms with E-state index in [0.717, 1.165) is 16.5 Å². The van der Waals surface area contributed by atoms with E-state index >= 15 is 0 Å². The van der Waals surface area contributed by atoms with Crippen LogP contribution in [0.15, 0.2) is 79.7 Å². The van der Waals surface area contributed by atoms with E-state index < -0.39 is 43.5 Å². The number of halogens is 4. The average molecular weight is 598 g/mol. The highest BCUT2D eigenvalue weighted by atomic mass is 33.1. The second kappa shape index (κ2) is 11.0. The quantitative estimate of drug-likeness (QED) is 0.208. The Hall–Kier alpha value is -2.82. The fraction of sp³-hybridized carbons (Fsp3) is 0.346. The molecule has 39 heavy (non-hydrogen) atoms. The molecule has 1 aromatic carbocycles. The Labute approximate surface area is 231 Å². The minimum atomic E-state index is -4.84. The van der Waals surface area contributed by atoms with Crippen LogP contribution in [0, 0.1) is 17.1 Å². The number of allylic oxidation sites excluding steroid dienone is 8. The number of rotatable bonds is 6. The van der Waals surface area contributed by atoms with Crippen molar-refractivity contribution in [3.63, 3.8) is 0 Å². The van der Waals surface area contributed by atoms with Crippen LogP contribution < -0.4 is 0 Å². The second-order valence-corrected chi connectivity index (χ2v) is 14.2. The van der Waals surface area contributed by atoms with Gasteiger partial charge in [-0.2, -0.15) is 18.4 Å². The van der Waals surface area contributed by atoms with Crippen molar-refractivity contribution in [3.05, 3.63) is 75.6 Å². The maximum absolute atomic E-state index is 13.7. The molecule has 3 aliphatic rings. The molecule has 6 nitrogen and oxygen atoms in total. The summed E-state index contributed by atoms with van der Waals surface area (Å²) in [5, 5.41) is 8.96. The lowest BCUT2D eigenvalue weighted by molar-refractivity contribution is -0.128. The van der Waals surface area contributed by atoms with Crippen LogP contribution in [0.4, 0.5) is 17.6 Å². The summed E-state index contributed by atoms with van der Waals surface area (Å²) < 4.78 is 81.1. The molecule has 1 amide bonds. The third-order valence-corrected chi connectivity index (χ3v) is 11.0. The standard InChI is InChI=1S/C26H23F4N3O3S3/c1-16-3-11-21(12-4-16)39(35,36)38-24-32-25(2,15-37-20-9-6-18(27)7-10-20)23(34)33(24)19-8-5-17(14-31)22(13-19)26(28,29)30/h3,6-7,9-11,13H,4-5,8,12,15H2,1-2H3. The fourth-order valence-corrected chi connectivity index (χ4v) is 8.17. The Morgan fingerprint density at radius 2 is 1.82 bits per heavy atom. The van der Waals surface area contributed by atoms with E-state index in [1.165, 1.54) is 49.0 Å². The number of hydrogen-bond acceptors (Lipinski definition) is 7. The maximum atomic E-state index is 13.7. The van der Waals surface area contributed by atoms with Crippen LogP contribution in [-0.4, -0.2) is 41.9 Å². The van der Waals surface area contributed by atoms with Crippen LogP contribution in [0.5, 0.6) is 0 Å². The van der Waals surface area contributed by atoms with Gasteiger partial charge in [0.25, 0.3) is 5.91 Å². The number of nitrogens with zero attached hydrogens (tertiary/aromatic N) is 3. The van der Waals surface area contributed by atoms with Crippen molar-refractivity contribution in [3.8, 4) is 6.07 Å². The third kappa shape index (κ3) is 6.34. The summed E-state index contributed by atoms with van der Waals surface area (Å²) in [4.78, 5) is 19.9. The topological polar surface area (TPSA) is 90.6 Å². The Kier molecular flexibility index (Phi) is 8.21. The molecule has 1 aliphatic heterocycles. The summed E-state index contributed by atoms with van der Waals surface area (Å²) in [6.07, 6.45) is -0.493. The molecule has 0 aromatic heterocycles. The van der Waals surface area contributed by atoms with Gasteiger partial charge in [0.05, 0.1) is 16.5 Å². The summed E-state index contributed by atoms with van der Waals surface area (Å²) in [5.74, 6) is -1.09. The van der Waals surface area contributed by atoms with E-state index in [1.54, 1.807) is 12.1 Å². The minimum absolute atomic E-state index is 0.0292. The molecule has 1 unspecified atom stereocenters. The summed E-state index contributed by atoms with van der Waals surface area (Å²) in [7, 11) is -3.69. The molecule has 0 bridgehead atoms. The number of amides is 1. The minimum Gasteiger partial charge on any atom is -0.271 e. The van der Waals surface area contributed by atoms with Crippen molar-refractivity contribution in [2.45, 2.75) is 56.1 Å². The van der Waals surface area contributed by atoms with Crippen LogP contribution in [0.1, 0.15) is 39.5 Å². The lowest BCUT2D eigenvalue weighted by atomic mass is 9.94. The number of alkyl halides is 3. The highest BCUT2D eigenvalue weighted by Crippen LogP contribution is 2.43. The molecule has 0 fully saturated rings.